The number of hydrogen-bond donors (Lipinski definition) is 6. The average molecular weight is 521 g/mol. The molecule has 0 aromatic rings. The number of carboxylic acid groups (broad SMARTS) is 2. The summed E-state index contributed by atoms with van der Waals surface area (Å²) in [7, 11) is 0. The number of thioether (sulfide) groups is 1. The van der Waals surface area contributed by atoms with E-state index in [1.807, 2.05) is 6.92 Å². The number of carbonyl (C=O) groups is 6. The lowest BCUT2D eigenvalue weighted by Gasteiger charge is -2.22. The summed E-state index contributed by atoms with van der Waals surface area (Å²) in [5.41, 5.74) is 10.6. The van der Waals surface area contributed by atoms with Gasteiger partial charge in [0.05, 0.1) is 6.42 Å². The topological polar surface area (TPSA) is 228 Å². The van der Waals surface area contributed by atoms with Crippen molar-refractivity contribution >= 4 is 47.4 Å². The molecule has 0 unspecified atom stereocenters. The van der Waals surface area contributed by atoms with Crippen LogP contribution in [0.4, 0.5) is 0 Å². The normalized spacial score (nSPS) is 13.2. The molecule has 14 heteroatoms. The molecular formula is C21H36N4O9S. The van der Waals surface area contributed by atoms with Gasteiger partial charge in [-0.25, -0.2) is 4.79 Å². The van der Waals surface area contributed by atoms with Crippen LogP contribution in [0.3, 0.4) is 0 Å². The van der Waals surface area contributed by atoms with Gasteiger partial charge in [-0.1, -0.05) is 26.2 Å². The zero-order chi connectivity index (χ0) is 26.8. The smallest absolute Gasteiger partial charge is 0.329 e. The number of carboxylic acids is 2. The predicted molar refractivity (Wildman–Crippen MR) is 127 cm³/mol. The Morgan fingerprint density at radius 3 is 2.23 bits per heavy atom. The van der Waals surface area contributed by atoms with Gasteiger partial charge in [0.1, 0.15) is 12.1 Å². The maximum Gasteiger partial charge on any atom is 0.329 e. The molecule has 3 atom stereocenters. The lowest BCUT2D eigenvalue weighted by molar-refractivity contribution is -0.157. The molecule has 3 amide bonds. The Balaban J connectivity index is 5.25. The fraction of sp³-hybridized carbons (Fsp3) is 0.714. The second-order valence-corrected chi connectivity index (χ2v) is 8.85. The van der Waals surface area contributed by atoms with Crippen LogP contribution in [0.25, 0.3) is 0 Å². The molecule has 0 rings (SSSR count). The molecule has 0 aliphatic heterocycles. The number of ether oxygens (including phenoxy) is 1. The third-order valence-electron chi connectivity index (χ3n) is 4.63. The van der Waals surface area contributed by atoms with Crippen molar-refractivity contribution in [1.29, 1.82) is 0 Å². The van der Waals surface area contributed by atoms with E-state index in [1.54, 1.807) is 0 Å². The number of carbonyl (C=O) groups excluding carboxylic acids is 4. The second kappa shape index (κ2) is 18.5. The van der Waals surface area contributed by atoms with Gasteiger partial charge in [0.2, 0.25) is 11.8 Å². The molecule has 0 spiro atoms. The van der Waals surface area contributed by atoms with Gasteiger partial charge in [-0.05, 0) is 12.8 Å². The summed E-state index contributed by atoms with van der Waals surface area (Å²) < 4.78 is 5.28. The number of unbranched alkanes of at least 4 members (excludes halogenated alkanes) is 3. The monoisotopic (exact) mass is 520 g/mol. The van der Waals surface area contributed by atoms with Gasteiger partial charge in [0.25, 0.3) is 5.91 Å². The molecule has 0 saturated carbocycles. The van der Waals surface area contributed by atoms with Crippen LogP contribution in [0.15, 0.2) is 0 Å². The molecule has 0 saturated heterocycles. The molecule has 0 radical (unpaired) electrons. The Morgan fingerprint density at radius 2 is 1.66 bits per heavy atom. The van der Waals surface area contributed by atoms with Gasteiger partial charge in [-0.2, -0.15) is 11.8 Å². The quantitative estimate of drug-likeness (QED) is 0.0873. The maximum absolute atomic E-state index is 12.8. The first-order chi connectivity index (χ1) is 16.5. The standard InChI is InChI=1S/C21H36N4O9S/c1-2-3-4-5-6-17(27)25-14(7-8-16(23)26)21(33)34-15(12-35-11-13(22)20(31)32)19(30)24-10-9-18(28)29/h13-15H,2-12,22H2,1H3,(H2,23,26)(H,24,30)(H,25,27)(H,28,29)(H,31,32)/t13-,14+,15+/m0/s1. The van der Waals surface area contributed by atoms with Gasteiger partial charge in [-0.15, -0.1) is 0 Å². The first-order valence-corrected chi connectivity index (χ1v) is 12.5. The number of rotatable bonds is 20. The average Bonchev–Trinajstić information content (AvgIpc) is 2.77. The van der Waals surface area contributed by atoms with Crippen LogP contribution in [0.2, 0.25) is 0 Å². The summed E-state index contributed by atoms with van der Waals surface area (Å²) in [5.74, 6) is -5.52. The van der Waals surface area contributed by atoms with E-state index in [-0.39, 0.29) is 43.7 Å². The predicted octanol–water partition coefficient (Wildman–Crippen LogP) is -0.645. The molecule has 35 heavy (non-hydrogen) atoms. The molecule has 0 aromatic heterocycles. The van der Waals surface area contributed by atoms with E-state index in [0.29, 0.717) is 6.42 Å². The van der Waals surface area contributed by atoms with E-state index >= 15 is 0 Å². The van der Waals surface area contributed by atoms with Crippen molar-refractivity contribution in [2.75, 3.05) is 18.1 Å². The van der Waals surface area contributed by atoms with Crippen LogP contribution in [-0.2, 0) is 33.5 Å². The fourth-order valence-electron chi connectivity index (χ4n) is 2.68. The zero-order valence-electron chi connectivity index (χ0n) is 19.8. The third-order valence-corrected chi connectivity index (χ3v) is 5.76. The lowest BCUT2D eigenvalue weighted by Crippen LogP contribution is -2.47. The fourth-order valence-corrected chi connectivity index (χ4v) is 3.65. The van der Waals surface area contributed by atoms with Gasteiger partial charge < -0.3 is 37.1 Å². The van der Waals surface area contributed by atoms with Crippen molar-refractivity contribution in [3.63, 3.8) is 0 Å². The highest BCUT2D eigenvalue weighted by atomic mass is 32.2. The Bertz CT molecular complexity index is 736. The van der Waals surface area contributed by atoms with E-state index in [9.17, 15) is 28.8 Å². The van der Waals surface area contributed by atoms with Crippen LogP contribution in [0.1, 0.15) is 58.3 Å². The molecule has 0 aliphatic rings. The second-order valence-electron chi connectivity index (χ2n) is 7.78. The minimum absolute atomic E-state index is 0.0780. The van der Waals surface area contributed by atoms with Crippen LogP contribution >= 0.6 is 11.8 Å². The first kappa shape index (κ1) is 32.1. The van der Waals surface area contributed by atoms with E-state index in [1.165, 1.54) is 0 Å². The molecule has 0 aliphatic carbocycles. The van der Waals surface area contributed by atoms with Crippen LogP contribution in [0.5, 0.6) is 0 Å². The molecule has 200 valence electrons. The van der Waals surface area contributed by atoms with Gasteiger partial charge in [-0.3, -0.25) is 24.0 Å². The van der Waals surface area contributed by atoms with Gasteiger partial charge in [0.15, 0.2) is 6.10 Å². The number of aliphatic carboxylic acids is 2. The molecule has 0 bridgehead atoms. The number of esters is 1. The van der Waals surface area contributed by atoms with Crippen molar-refractivity contribution < 1.29 is 43.7 Å². The van der Waals surface area contributed by atoms with Crippen molar-refractivity contribution in [2.24, 2.45) is 11.5 Å². The minimum atomic E-state index is -1.42. The number of nitrogens with one attached hydrogen (secondary N) is 2. The van der Waals surface area contributed by atoms with E-state index in [2.05, 4.69) is 10.6 Å². The number of amides is 3. The van der Waals surface area contributed by atoms with E-state index in [4.69, 9.17) is 26.4 Å². The molecule has 8 N–H and O–H groups in total. The van der Waals surface area contributed by atoms with Gasteiger partial charge in [0, 0.05) is 30.9 Å². The summed E-state index contributed by atoms with van der Waals surface area (Å²) in [6.45, 7) is 1.80. The van der Waals surface area contributed by atoms with Crippen molar-refractivity contribution in [1.82, 2.24) is 10.6 Å². The van der Waals surface area contributed by atoms with Crippen LogP contribution < -0.4 is 22.1 Å². The Hall–Kier alpha value is -2.87. The molecule has 0 fully saturated rings. The highest BCUT2D eigenvalue weighted by molar-refractivity contribution is 7.99. The third kappa shape index (κ3) is 16.4. The number of nitrogens with two attached hydrogens (primary N) is 2. The molecule has 0 heterocycles. The minimum Gasteiger partial charge on any atom is -0.481 e. The molecule has 0 aromatic carbocycles. The largest absolute Gasteiger partial charge is 0.481 e. The SMILES string of the molecule is CCCCCCC(=O)N[C@H](CCC(N)=O)C(=O)O[C@H](CSC[C@H](N)C(=O)O)C(=O)NCCC(=O)O. The summed E-state index contributed by atoms with van der Waals surface area (Å²) in [6.07, 6.45) is 1.44. The van der Waals surface area contributed by atoms with Crippen molar-refractivity contribution in [3.05, 3.63) is 0 Å². The summed E-state index contributed by atoms with van der Waals surface area (Å²) >= 11 is 0.946. The summed E-state index contributed by atoms with van der Waals surface area (Å²) in [6, 6.07) is -2.44. The summed E-state index contributed by atoms with van der Waals surface area (Å²) in [5, 5.41) is 22.5. The van der Waals surface area contributed by atoms with E-state index in [0.717, 1.165) is 31.0 Å². The van der Waals surface area contributed by atoms with Crippen LogP contribution in [-0.4, -0.2) is 82.1 Å². The first-order valence-electron chi connectivity index (χ1n) is 11.3. The lowest BCUT2D eigenvalue weighted by atomic mass is 10.1. The Kier molecular flexibility index (Phi) is 16.9. The summed E-state index contributed by atoms with van der Waals surface area (Å²) in [4.78, 5) is 70.3. The highest BCUT2D eigenvalue weighted by Gasteiger charge is 2.29. The van der Waals surface area contributed by atoms with Gasteiger partial charge >= 0.3 is 17.9 Å². The highest BCUT2D eigenvalue weighted by Crippen LogP contribution is 2.11. The Morgan fingerprint density at radius 1 is 0.971 bits per heavy atom. The van der Waals surface area contributed by atoms with Crippen LogP contribution in [0, 0.1) is 0 Å². The van der Waals surface area contributed by atoms with E-state index < -0.39 is 53.8 Å². The molecule has 13 nitrogen and oxygen atoms in total. The maximum atomic E-state index is 12.8. The number of primary amides is 1. The number of hydrogen-bond acceptors (Lipinski definition) is 9. The Labute approximate surface area is 208 Å². The van der Waals surface area contributed by atoms with Crippen molar-refractivity contribution in [2.45, 2.75) is 76.5 Å². The molecular weight excluding hydrogens is 484 g/mol. The zero-order valence-corrected chi connectivity index (χ0v) is 20.6. The van der Waals surface area contributed by atoms with Crippen molar-refractivity contribution in [3.8, 4) is 0 Å².